The van der Waals surface area contributed by atoms with Crippen LogP contribution in [0.4, 0.5) is 4.39 Å². The van der Waals surface area contributed by atoms with Gasteiger partial charge in [0.2, 0.25) is 5.88 Å². The molecule has 0 saturated carbocycles. The number of halogens is 1. The van der Waals surface area contributed by atoms with Gasteiger partial charge in [0, 0.05) is 0 Å². The first kappa shape index (κ1) is 11.7. The lowest BCUT2D eigenvalue weighted by Gasteiger charge is -2.09. The predicted molar refractivity (Wildman–Crippen MR) is 63.2 cm³/mol. The van der Waals surface area contributed by atoms with Crippen molar-refractivity contribution < 1.29 is 9.50 Å². The number of hydrogen-bond donors (Lipinski definition) is 1. The van der Waals surface area contributed by atoms with Crippen LogP contribution in [0.2, 0.25) is 0 Å². The van der Waals surface area contributed by atoms with Crippen molar-refractivity contribution in [2.75, 3.05) is 6.26 Å². The standard InChI is InChI=1S/C11H9FN2O2S/c1-17-11-13-9(15)6-10(16)14(11)8-4-2-7(12)3-5-8/h2-6,15H,1H3. The van der Waals surface area contributed by atoms with Crippen LogP contribution in [0.5, 0.6) is 5.88 Å². The molecule has 17 heavy (non-hydrogen) atoms. The summed E-state index contributed by atoms with van der Waals surface area (Å²) in [5.41, 5.74) is 0.0988. The molecule has 0 amide bonds. The van der Waals surface area contributed by atoms with Gasteiger partial charge < -0.3 is 5.11 Å². The summed E-state index contributed by atoms with van der Waals surface area (Å²) in [5.74, 6) is -0.697. The second-order valence-electron chi connectivity index (χ2n) is 3.25. The fraction of sp³-hybridized carbons (Fsp3) is 0.0909. The summed E-state index contributed by atoms with van der Waals surface area (Å²) < 4.78 is 14.1. The zero-order chi connectivity index (χ0) is 12.4. The molecule has 1 aromatic heterocycles. The molecule has 0 spiro atoms. The first-order valence-corrected chi connectivity index (χ1v) is 5.97. The Morgan fingerprint density at radius 2 is 2.00 bits per heavy atom. The molecule has 0 aliphatic carbocycles. The fourth-order valence-electron chi connectivity index (χ4n) is 1.41. The van der Waals surface area contributed by atoms with E-state index in [2.05, 4.69) is 4.98 Å². The molecule has 0 fully saturated rings. The molecule has 2 aromatic rings. The molecule has 0 radical (unpaired) electrons. The molecule has 6 heteroatoms. The Morgan fingerprint density at radius 3 is 2.59 bits per heavy atom. The summed E-state index contributed by atoms with van der Waals surface area (Å²) >= 11 is 1.22. The van der Waals surface area contributed by atoms with E-state index >= 15 is 0 Å². The zero-order valence-corrected chi connectivity index (χ0v) is 9.74. The van der Waals surface area contributed by atoms with Crippen molar-refractivity contribution in [1.29, 1.82) is 0 Å². The molecule has 0 unspecified atom stereocenters. The van der Waals surface area contributed by atoms with Crippen LogP contribution in [0, 0.1) is 5.82 Å². The lowest BCUT2D eigenvalue weighted by atomic mass is 10.3. The van der Waals surface area contributed by atoms with E-state index < -0.39 is 5.56 Å². The van der Waals surface area contributed by atoms with Crippen LogP contribution < -0.4 is 5.56 Å². The van der Waals surface area contributed by atoms with Crippen molar-refractivity contribution in [2.45, 2.75) is 5.16 Å². The van der Waals surface area contributed by atoms with Gasteiger partial charge in [0.25, 0.3) is 5.56 Å². The third-order valence-electron chi connectivity index (χ3n) is 2.14. The van der Waals surface area contributed by atoms with Crippen LogP contribution in [-0.2, 0) is 0 Å². The average Bonchev–Trinajstić information content (AvgIpc) is 2.30. The van der Waals surface area contributed by atoms with Crippen molar-refractivity contribution in [1.82, 2.24) is 9.55 Å². The Bertz CT molecular complexity index is 595. The average molecular weight is 252 g/mol. The van der Waals surface area contributed by atoms with Crippen molar-refractivity contribution >= 4 is 11.8 Å². The Labute approximate surface area is 101 Å². The van der Waals surface area contributed by atoms with Gasteiger partial charge in [-0.1, -0.05) is 11.8 Å². The summed E-state index contributed by atoms with van der Waals surface area (Å²) in [6.45, 7) is 0. The lowest BCUT2D eigenvalue weighted by Crippen LogP contribution is -2.19. The van der Waals surface area contributed by atoms with E-state index in [4.69, 9.17) is 0 Å². The summed E-state index contributed by atoms with van der Waals surface area (Å²) in [6.07, 6.45) is 1.74. The highest BCUT2D eigenvalue weighted by molar-refractivity contribution is 7.98. The minimum Gasteiger partial charge on any atom is -0.493 e. The van der Waals surface area contributed by atoms with Crippen molar-refractivity contribution in [2.24, 2.45) is 0 Å². The van der Waals surface area contributed by atoms with E-state index in [-0.39, 0.29) is 11.7 Å². The minimum atomic E-state index is -0.409. The summed E-state index contributed by atoms with van der Waals surface area (Å²) in [4.78, 5) is 15.6. The smallest absolute Gasteiger partial charge is 0.262 e. The second-order valence-corrected chi connectivity index (χ2v) is 4.02. The van der Waals surface area contributed by atoms with Crippen molar-refractivity contribution in [3.8, 4) is 11.6 Å². The molecule has 88 valence electrons. The molecular weight excluding hydrogens is 243 g/mol. The molecule has 0 aliphatic heterocycles. The van der Waals surface area contributed by atoms with Crippen molar-refractivity contribution in [3.63, 3.8) is 0 Å². The van der Waals surface area contributed by atoms with Gasteiger partial charge in [0.15, 0.2) is 5.16 Å². The van der Waals surface area contributed by atoms with Gasteiger partial charge in [-0.3, -0.25) is 9.36 Å². The number of thioether (sulfide) groups is 1. The Morgan fingerprint density at radius 1 is 1.35 bits per heavy atom. The molecule has 0 saturated heterocycles. The topological polar surface area (TPSA) is 55.1 Å². The van der Waals surface area contributed by atoms with Gasteiger partial charge in [-0.05, 0) is 30.5 Å². The third-order valence-corrected chi connectivity index (χ3v) is 2.78. The quantitative estimate of drug-likeness (QED) is 0.654. The first-order valence-electron chi connectivity index (χ1n) is 4.75. The predicted octanol–water partition coefficient (Wildman–Crippen LogP) is 1.80. The zero-order valence-electron chi connectivity index (χ0n) is 8.92. The van der Waals surface area contributed by atoms with E-state index in [9.17, 15) is 14.3 Å². The van der Waals surface area contributed by atoms with Gasteiger partial charge in [-0.2, -0.15) is 4.98 Å². The van der Waals surface area contributed by atoms with E-state index in [0.717, 1.165) is 6.07 Å². The number of hydrogen-bond acceptors (Lipinski definition) is 4. The molecule has 0 aliphatic rings. The summed E-state index contributed by atoms with van der Waals surface area (Å²) in [7, 11) is 0. The number of aromatic hydroxyl groups is 1. The number of aromatic nitrogens is 2. The van der Waals surface area contributed by atoms with Gasteiger partial charge in [0.05, 0.1) is 11.8 Å². The molecule has 0 bridgehead atoms. The Kier molecular flexibility index (Phi) is 3.14. The molecule has 0 atom stereocenters. The number of benzene rings is 1. The summed E-state index contributed by atoms with van der Waals surface area (Å²) in [5, 5.41) is 9.59. The first-order chi connectivity index (χ1) is 8.11. The maximum Gasteiger partial charge on any atom is 0.262 e. The maximum atomic E-state index is 12.8. The highest BCUT2D eigenvalue weighted by Crippen LogP contribution is 2.17. The maximum absolute atomic E-state index is 12.8. The van der Waals surface area contributed by atoms with E-state index in [1.807, 2.05) is 0 Å². The third kappa shape index (κ3) is 2.31. The number of nitrogens with zero attached hydrogens (tertiary/aromatic N) is 2. The molecule has 1 N–H and O–H groups in total. The minimum absolute atomic E-state index is 0.322. The molecule has 4 nitrogen and oxygen atoms in total. The second kappa shape index (κ2) is 4.58. The monoisotopic (exact) mass is 252 g/mol. The molecule has 2 rings (SSSR count). The SMILES string of the molecule is CSc1nc(O)cc(=O)n1-c1ccc(F)cc1. The Hall–Kier alpha value is -1.82. The largest absolute Gasteiger partial charge is 0.493 e. The van der Waals surface area contributed by atoms with Crippen LogP contribution in [0.3, 0.4) is 0 Å². The lowest BCUT2D eigenvalue weighted by molar-refractivity contribution is 0.441. The van der Waals surface area contributed by atoms with Crippen LogP contribution in [-0.4, -0.2) is 20.9 Å². The van der Waals surface area contributed by atoms with E-state index in [1.54, 1.807) is 6.26 Å². The molecule has 1 aromatic carbocycles. The Balaban J connectivity index is 2.66. The van der Waals surface area contributed by atoms with Gasteiger partial charge >= 0.3 is 0 Å². The van der Waals surface area contributed by atoms with Gasteiger partial charge in [-0.25, -0.2) is 4.39 Å². The number of rotatable bonds is 2. The van der Waals surface area contributed by atoms with E-state index in [0.29, 0.717) is 10.8 Å². The van der Waals surface area contributed by atoms with Crippen molar-refractivity contribution in [3.05, 3.63) is 46.5 Å². The van der Waals surface area contributed by atoms with Crippen LogP contribution in [0.25, 0.3) is 5.69 Å². The summed E-state index contributed by atoms with van der Waals surface area (Å²) in [6, 6.07) is 6.50. The molecular formula is C11H9FN2O2S. The fourth-order valence-corrected chi connectivity index (χ4v) is 1.98. The molecule has 1 heterocycles. The van der Waals surface area contributed by atoms with Crippen LogP contribution >= 0.6 is 11.8 Å². The normalized spacial score (nSPS) is 10.5. The van der Waals surface area contributed by atoms with Gasteiger partial charge in [-0.15, -0.1) is 0 Å². The van der Waals surface area contributed by atoms with E-state index in [1.165, 1.54) is 40.6 Å². The highest BCUT2D eigenvalue weighted by Gasteiger charge is 2.09. The van der Waals surface area contributed by atoms with Crippen LogP contribution in [0.1, 0.15) is 0 Å². The highest BCUT2D eigenvalue weighted by atomic mass is 32.2. The van der Waals surface area contributed by atoms with Gasteiger partial charge in [0.1, 0.15) is 5.82 Å². The van der Waals surface area contributed by atoms with Crippen LogP contribution in [0.15, 0.2) is 40.3 Å².